The number of hydrogen-bond acceptors (Lipinski definition) is 4. The first-order valence-electron chi connectivity index (χ1n) is 8.43. The van der Waals surface area contributed by atoms with Crippen LogP contribution in [0.2, 0.25) is 0 Å². The van der Waals surface area contributed by atoms with Crippen molar-refractivity contribution in [3.05, 3.63) is 65.2 Å². The second-order valence-corrected chi connectivity index (χ2v) is 6.91. The summed E-state index contributed by atoms with van der Waals surface area (Å²) in [4.78, 5) is 39.5. The number of fused-ring (bicyclic) bond motifs is 1. The number of amides is 3. The van der Waals surface area contributed by atoms with E-state index in [4.69, 9.17) is 0 Å². The maximum atomic E-state index is 12.9. The molecule has 0 saturated carbocycles. The molecule has 1 aliphatic heterocycles. The summed E-state index contributed by atoms with van der Waals surface area (Å²) in [6.45, 7) is 2.01. The number of hydrogen-bond donors (Lipinski definition) is 1. The molecule has 0 aromatic heterocycles. The zero-order chi connectivity index (χ0) is 18.7. The molecule has 2 aromatic rings. The molecule has 0 radical (unpaired) electrons. The third-order valence-corrected chi connectivity index (χ3v) is 5.07. The van der Waals surface area contributed by atoms with Gasteiger partial charge in [-0.15, -0.1) is 0 Å². The van der Waals surface area contributed by atoms with Gasteiger partial charge in [-0.25, -0.2) is 0 Å². The standard InChI is InChI=1S/C20H20N2O3S/c1-3-13-8-4-7-11-16(13)21-18(23)17(12-26-2)22-19(24)14-9-5-6-10-15(14)20(22)25/h4-11,17H,3,12H2,1-2H3,(H,21,23)/t17-/m1/s1. The van der Waals surface area contributed by atoms with Gasteiger partial charge in [-0.05, 0) is 36.4 Å². The lowest BCUT2D eigenvalue weighted by molar-refractivity contribution is -0.119. The summed E-state index contributed by atoms with van der Waals surface area (Å²) in [5, 5.41) is 2.89. The summed E-state index contributed by atoms with van der Waals surface area (Å²) >= 11 is 1.42. The van der Waals surface area contributed by atoms with E-state index in [1.165, 1.54) is 11.8 Å². The topological polar surface area (TPSA) is 66.5 Å². The molecular weight excluding hydrogens is 348 g/mol. The van der Waals surface area contributed by atoms with E-state index < -0.39 is 17.9 Å². The van der Waals surface area contributed by atoms with E-state index in [2.05, 4.69) is 5.32 Å². The van der Waals surface area contributed by atoms with E-state index in [9.17, 15) is 14.4 Å². The Morgan fingerprint density at radius 2 is 1.62 bits per heavy atom. The fourth-order valence-corrected chi connectivity index (χ4v) is 3.70. The molecule has 1 N–H and O–H groups in total. The van der Waals surface area contributed by atoms with Gasteiger partial charge in [0.1, 0.15) is 6.04 Å². The number of anilines is 1. The Morgan fingerprint density at radius 1 is 1.04 bits per heavy atom. The van der Waals surface area contributed by atoms with Gasteiger partial charge in [-0.1, -0.05) is 37.3 Å². The van der Waals surface area contributed by atoms with Crippen molar-refractivity contribution in [3.8, 4) is 0 Å². The minimum Gasteiger partial charge on any atom is -0.324 e. The monoisotopic (exact) mass is 368 g/mol. The lowest BCUT2D eigenvalue weighted by Gasteiger charge is -2.25. The largest absolute Gasteiger partial charge is 0.324 e. The molecule has 3 rings (SSSR count). The summed E-state index contributed by atoms with van der Waals surface area (Å²) in [6.07, 6.45) is 2.62. The van der Waals surface area contributed by atoms with E-state index in [1.54, 1.807) is 24.3 Å². The highest BCUT2D eigenvalue weighted by Crippen LogP contribution is 2.26. The molecule has 1 heterocycles. The molecular formula is C20H20N2O3S. The van der Waals surface area contributed by atoms with Gasteiger partial charge in [0.2, 0.25) is 5.91 Å². The number of aryl methyl sites for hydroxylation is 1. The number of carbonyl (C=O) groups excluding carboxylic acids is 3. The van der Waals surface area contributed by atoms with Gasteiger partial charge >= 0.3 is 0 Å². The lowest BCUT2D eigenvalue weighted by atomic mass is 10.1. The number of thioether (sulfide) groups is 1. The normalized spacial score (nSPS) is 14.3. The van der Waals surface area contributed by atoms with Crippen LogP contribution in [0.25, 0.3) is 0 Å². The number of nitrogens with zero attached hydrogens (tertiary/aromatic N) is 1. The Balaban J connectivity index is 1.89. The number of benzene rings is 2. The molecule has 0 bridgehead atoms. The summed E-state index contributed by atoms with van der Waals surface area (Å²) in [6, 6.07) is 13.4. The van der Waals surface area contributed by atoms with Crippen molar-refractivity contribution in [2.45, 2.75) is 19.4 Å². The summed E-state index contributed by atoms with van der Waals surface area (Å²) < 4.78 is 0. The molecule has 134 valence electrons. The van der Waals surface area contributed by atoms with Crippen LogP contribution in [-0.2, 0) is 11.2 Å². The van der Waals surface area contributed by atoms with Crippen molar-refractivity contribution in [2.75, 3.05) is 17.3 Å². The number of imide groups is 1. The van der Waals surface area contributed by atoms with Crippen LogP contribution in [0.4, 0.5) is 5.69 Å². The van der Waals surface area contributed by atoms with E-state index in [-0.39, 0.29) is 5.91 Å². The molecule has 0 fully saturated rings. The molecule has 0 spiro atoms. The van der Waals surface area contributed by atoms with Crippen molar-refractivity contribution in [2.24, 2.45) is 0 Å². The van der Waals surface area contributed by atoms with Crippen LogP contribution in [0.15, 0.2) is 48.5 Å². The molecule has 0 aliphatic carbocycles. The van der Waals surface area contributed by atoms with Crippen molar-refractivity contribution in [1.29, 1.82) is 0 Å². The van der Waals surface area contributed by atoms with Crippen LogP contribution in [0, 0.1) is 0 Å². The molecule has 2 aromatic carbocycles. The van der Waals surface area contributed by atoms with Crippen molar-refractivity contribution < 1.29 is 14.4 Å². The van der Waals surface area contributed by atoms with Gasteiger partial charge in [0.25, 0.3) is 11.8 Å². The maximum Gasteiger partial charge on any atom is 0.262 e. The highest BCUT2D eigenvalue weighted by molar-refractivity contribution is 7.98. The van der Waals surface area contributed by atoms with E-state index >= 15 is 0 Å². The van der Waals surface area contributed by atoms with Gasteiger partial charge < -0.3 is 5.32 Å². The number of carbonyl (C=O) groups is 3. The molecule has 0 saturated heterocycles. The highest BCUT2D eigenvalue weighted by Gasteiger charge is 2.42. The van der Waals surface area contributed by atoms with Crippen LogP contribution in [0.3, 0.4) is 0 Å². The zero-order valence-corrected chi connectivity index (χ0v) is 15.5. The van der Waals surface area contributed by atoms with Crippen LogP contribution < -0.4 is 5.32 Å². The summed E-state index contributed by atoms with van der Waals surface area (Å²) in [7, 11) is 0. The van der Waals surface area contributed by atoms with Crippen molar-refractivity contribution in [3.63, 3.8) is 0 Å². The van der Waals surface area contributed by atoms with E-state index in [0.29, 0.717) is 22.6 Å². The first-order valence-corrected chi connectivity index (χ1v) is 9.82. The average molecular weight is 368 g/mol. The highest BCUT2D eigenvalue weighted by atomic mass is 32.2. The van der Waals surface area contributed by atoms with Gasteiger partial charge in [0.15, 0.2) is 0 Å². The minimum absolute atomic E-state index is 0.339. The lowest BCUT2D eigenvalue weighted by Crippen LogP contribution is -2.48. The second-order valence-electron chi connectivity index (χ2n) is 6.00. The number of para-hydroxylation sites is 1. The predicted octanol–water partition coefficient (Wildman–Crippen LogP) is 3.22. The van der Waals surface area contributed by atoms with Crippen LogP contribution in [0.5, 0.6) is 0 Å². The van der Waals surface area contributed by atoms with E-state index in [1.807, 2.05) is 37.4 Å². The average Bonchev–Trinajstić information content (AvgIpc) is 2.91. The van der Waals surface area contributed by atoms with Gasteiger partial charge in [-0.3, -0.25) is 19.3 Å². The molecule has 3 amide bonds. The summed E-state index contributed by atoms with van der Waals surface area (Å²) in [5.41, 5.74) is 2.42. The fraction of sp³-hybridized carbons (Fsp3) is 0.250. The van der Waals surface area contributed by atoms with Crippen LogP contribution in [0.1, 0.15) is 33.2 Å². The smallest absolute Gasteiger partial charge is 0.262 e. The Morgan fingerprint density at radius 3 is 2.19 bits per heavy atom. The fourth-order valence-electron chi connectivity index (χ4n) is 3.08. The second kappa shape index (κ2) is 7.74. The molecule has 5 nitrogen and oxygen atoms in total. The predicted molar refractivity (Wildman–Crippen MR) is 104 cm³/mol. The first kappa shape index (κ1) is 18.2. The quantitative estimate of drug-likeness (QED) is 0.795. The Bertz CT molecular complexity index is 831. The van der Waals surface area contributed by atoms with Crippen LogP contribution >= 0.6 is 11.8 Å². The van der Waals surface area contributed by atoms with Gasteiger partial charge in [0.05, 0.1) is 11.1 Å². The zero-order valence-electron chi connectivity index (χ0n) is 14.7. The molecule has 26 heavy (non-hydrogen) atoms. The van der Waals surface area contributed by atoms with Crippen molar-refractivity contribution >= 4 is 35.2 Å². The first-order chi connectivity index (χ1) is 12.6. The molecule has 6 heteroatoms. The minimum atomic E-state index is -0.859. The molecule has 1 atom stereocenters. The molecule has 1 aliphatic rings. The Labute approximate surface area is 156 Å². The summed E-state index contributed by atoms with van der Waals surface area (Å²) in [5.74, 6) is -0.840. The Kier molecular flexibility index (Phi) is 5.42. The van der Waals surface area contributed by atoms with Crippen molar-refractivity contribution in [1.82, 2.24) is 4.90 Å². The number of nitrogens with one attached hydrogen (secondary N) is 1. The number of rotatable bonds is 6. The van der Waals surface area contributed by atoms with E-state index in [0.717, 1.165) is 16.9 Å². The van der Waals surface area contributed by atoms with Gasteiger partial charge in [0, 0.05) is 11.4 Å². The molecule has 0 unspecified atom stereocenters. The maximum absolute atomic E-state index is 12.9. The Hall–Kier alpha value is -2.60. The SMILES string of the molecule is CCc1ccccc1NC(=O)[C@@H](CSC)N1C(=O)c2ccccc2C1=O. The third-order valence-electron chi connectivity index (χ3n) is 4.42. The van der Waals surface area contributed by atoms with Crippen LogP contribution in [-0.4, -0.2) is 40.7 Å². The van der Waals surface area contributed by atoms with Gasteiger partial charge in [-0.2, -0.15) is 11.8 Å². The third kappa shape index (κ3) is 3.24.